The number of anilines is 1. The number of hydrogen-bond donors (Lipinski definition) is 1. The summed E-state index contributed by atoms with van der Waals surface area (Å²) >= 11 is 0. The number of hydrogen-bond acceptors (Lipinski definition) is 12. The van der Waals surface area contributed by atoms with E-state index in [9.17, 15) is 41.7 Å². The Kier molecular flexibility index (Phi) is 12.2. The third-order valence-electron chi connectivity index (χ3n) is 11.3. The van der Waals surface area contributed by atoms with Crippen molar-refractivity contribution in [2.24, 2.45) is 0 Å². The molecule has 16 nitrogen and oxygen atoms in total. The molecule has 4 aromatic carbocycles. The fourth-order valence-corrected chi connectivity index (χ4v) is 8.49. The minimum atomic E-state index is -4.48. The van der Waals surface area contributed by atoms with Crippen molar-refractivity contribution >= 4 is 68.5 Å². The molecule has 0 aliphatic carbocycles. The topological polar surface area (TPSA) is 202 Å². The highest BCUT2D eigenvalue weighted by atomic mass is 32.2. The standard InChI is InChI=1S/C48H42N4O12S/c1-48(2)36-28-35(65(59,60)61)20-21-37(36)49(29-33-16-12-31(13-17-33)26-46(57)63-51-41(53)22-23-42(51)54)40(48)10-4-3-5-11-45-50(38-8-6-7-9-39(38)62-45)30-34-18-14-32(15-19-34)27-47(58)64-52-43(55)24-25-44(52)56/h3-21,28H,22-27,29-30H2,1-2H3/p+1. The lowest BCUT2D eigenvalue weighted by molar-refractivity contribution is -0.669. The van der Waals surface area contributed by atoms with Crippen LogP contribution in [0.25, 0.3) is 17.2 Å². The Morgan fingerprint density at radius 3 is 1.83 bits per heavy atom. The summed E-state index contributed by atoms with van der Waals surface area (Å²) in [6, 6.07) is 26.7. The molecule has 0 atom stereocenters. The third kappa shape index (κ3) is 9.56. The van der Waals surface area contributed by atoms with Crippen LogP contribution in [0, 0.1) is 0 Å². The van der Waals surface area contributed by atoms with Crippen LogP contribution in [0.1, 0.15) is 73.2 Å². The van der Waals surface area contributed by atoms with Crippen LogP contribution in [0.2, 0.25) is 0 Å². The third-order valence-corrected chi connectivity index (χ3v) is 12.2. The van der Waals surface area contributed by atoms with Crippen LogP contribution in [0.3, 0.4) is 0 Å². The smallest absolute Gasteiger partial charge is 0.374 e. The van der Waals surface area contributed by atoms with Gasteiger partial charge in [0, 0.05) is 60.7 Å². The number of carbonyl (C=O) groups excluding carboxylic acids is 6. The molecule has 0 saturated carbocycles. The molecule has 65 heavy (non-hydrogen) atoms. The zero-order valence-electron chi connectivity index (χ0n) is 35.3. The van der Waals surface area contributed by atoms with Crippen molar-refractivity contribution in [1.29, 1.82) is 0 Å². The van der Waals surface area contributed by atoms with Crippen molar-refractivity contribution in [2.45, 2.75) is 75.8 Å². The Morgan fingerprint density at radius 1 is 0.723 bits per heavy atom. The summed E-state index contributed by atoms with van der Waals surface area (Å²) < 4.78 is 42.5. The van der Waals surface area contributed by atoms with E-state index in [1.54, 1.807) is 30.3 Å². The molecule has 1 aromatic heterocycles. The van der Waals surface area contributed by atoms with E-state index in [-0.39, 0.29) is 43.4 Å². The van der Waals surface area contributed by atoms with Gasteiger partial charge < -0.3 is 19.0 Å². The van der Waals surface area contributed by atoms with E-state index < -0.39 is 51.1 Å². The molecule has 4 heterocycles. The summed E-state index contributed by atoms with van der Waals surface area (Å²) in [5, 5.41) is 1.06. The lowest BCUT2D eigenvalue weighted by atomic mass is 9.83. The normalized spacial score (nSPS) is 16.8. The van der Waals surface area contributed by atoms with E-state index >= 15 is 0 Å². The Hall–Kier alpha value is -7.50. The predicted molar refractivity (Wildman–Crippen MR) is 232 cm³/mol. The van der Waals surface area contributed by atoms with Crippen molar-refractivity contribution in [3.05, 3.63) is 155 Å². The van der Waals surface area contributed by atoms with Gasteiger partial charge in [-0.2, -0.15) is 13.0 Å². The van der Waals surface area contributed by atoms with Gasteiger partial charge in [-0.3, -0.25) is 23.7 Å². The van der Waals surface area contributed by atoms with Crippen molar-refractivity contribution < 1.29 is 60.4 Å². The molecule has 17 heteroatoms. The number of imide groups is 2. The molecule has 3 aliphatic heterocycles. The summed E-state index contributed by atoms with van der Waals surface area (Å²) in [7, 11) is -4.48. The molecule has 5 aromatic rings. The summed E-state index contributed by atoms with van der Waals surface area (Å²) in [6.45, 7) is 4.73. The zero-order chi connectivity index (χ0) is 46.0. The van der Waals surface area contributed by atoms with E-state index in [1.807, 2.05) is 97.3 Å². The molecule has 0 unspecified atom stereocenters. The molecule has 1 N–H and O–H groups in total. The number of benzene rings is 4. The van der Waals surface area contributed by atoms with Gasteiger partial charge in [0.05, 0.1) is 23.8 Å². The van der Waals surface area contributed by atoms with Gasteiger partial charge >= 0.3 is 17.8 Å². The predicted octanol–water partition coefficient (Wildman–Crippen LogP) is 5.77. The van der Waals surface area contributed by atoms with Gasteiger partial charge in [-0.1, -0.05) is 92.7 Å². The average Bonchev–Trinajstić information content (AvgIpc) is 3.95. The van der Waals surface area contributed by atoms with E-state index in [2.05, 4.69) is 4.90 Å². The molecule has 332 valence electrons. The first-order valence-electron chi connectivity index (χ1n) is 20.7. The van der Waals surface area contributed by atoms with E-state index in [1.165, 1.54) is 12.1 Å². The van der Waals surface area contributed by atoms with Crippen molar-refractivity contribution in [3.63, 3.8) is 0 Å². The highest BCUT2D eigenvalue weighted by molar-refractivity contribution is 7.85. The Labute approximate surface area is 373 Å². The summed E-state index contributed by atoms with van der Waals surface area (Å²) in [6.07, 6.45) is 9.09. The van der Waals surface area contributed by atoms with Crippen molar-refractivity contribution in [3.8, 4) is 0 Å². The fourth-order valence-electron chi connectivity index (χ4n) is 7.98. The van der Waals surface area contributed by atoms with Gasteiger partial charge in [-0.15, -0.1) is 10.1 Å². The van der Waals surface area contributed by atoms with Gasteiger partial charge in [0.25, 0.3) is 39.3 Å². The lowest BCUT2D eigenvalue weighted by Gasteiger charge is -2.27. The van der Waals surface area contributed by atoms with Crippen LogP contribution in [-0.4, -0.2) is 58.7 Å². The number of fused-ring (bicyclic) bond motifs is 2. The molecule has 8 rings (SSSR count). The second-order valence-corrected chi connectivity index (χ2v) is 17.7. The second-order valence-electron chi connectivity index (χ2n) is 16.2. The van der Waals surface area contributed by atoms with Gasteiger partial charge in [0.2, 0.25) is 5.58 Å². The lowest BCUT2D eigenvalue weighted by Crippen LogP contribution is -2.35. The molecule has 0 radical (unpaired) electrons. The minimum absolute atomic E-state index is 0.00112. The van der Waals surface area contributed by atoms with Crippen molar-refractivity contribution in [2.75, 3.05) is 4.90 Å². The zero-order valence-corrected chi connectivity index (χ0v) is 36.2. The highest BCUT2D eigenvalue weighted by Crippen LogP contribution is 2.49. The summed E-state index contributed by atoms with van der Waals surface area (Å²) in [4.78, 5) is 84.3. The molecule has 0 spiro atoms. The number of hydroxylamine groups is 4. The molecular weight excluding hydrogens is 857 g/mol. The first-order valence-corrected chi connectivity index (χ1v) is 22.1. The van der Waals surface area contributed by atoms with Crippen LogP contribution in [0.15, 0.2) is 130 Å². The van der Waals surface area contributed by atoms with Gasteiger partial charge in [0.15, 0.2) is 6.54 Å². The minimum Gasteiger partial charge on any atom is -0.398 e. The van der Waals surface area contributed by atoms with Gasteiger partial charge in [-0.05, 0) is 52.6 Å². The average molecular weight is 900 g/mol. The number of carbonyl (C=O) groups is 6. The highest BCUT2D eigenvalue weighted by Gasteiger charge is 2.41. The molecule has 2 saturated heterocycles. The molecule has 0 bridgehead atoms. The number of allylic oxidation sites excluding steroid dienone is 5. The number of rotatable bonds is 14. The Bertz CT molecular complexity index is 2940. The number of amides is 4. The first-order chi connectivity index (χ1) is 31.0. The summed E-state index contributed by atoms with van der Waals surface area (Å²) in [5.41, 5.74) is 6.16. The summed E-state index contributed by atoms with van der Waals surface area (Å²) in [5.74, 6) is -3.06. The van der Waals surface area contributed by atoms with Gasteiger partial charge in [-0.25, -0.2) is 9.59 Å². The molecule has 4 amide bonds. The van der Waals surface area contributed by atoms with E-state index in [4.69, 9.17) is 14.1 Å². The van der Waals surface area contributed by atoms with Crippen LogP contribution in [-0.2, 0) is 79.9 Å². The van der Waals surface area contributed by atoms with E-state index in [0.29, 0.717) is 51.4 Å². The SMILES string of the molecule is CC1(C)C(=CC=CC=Cc2oc3ccccc3[n+]2Cc2ccc(CC(=O)ON3C(=O)CCC3=O)cc2)N(Cc2ccc(CC(=O)ON3C(=O)CCC3=O)cc2)c2ccc(S(=O)(=O)O)cc21. The second kappa shape index (κ2) is 17.9. The van der Waals surface area contributed by atoms with Crippen LogP contribution in [0.4, 0.5) is 5.69 Å². The molecule has 2 fully saturated rings. The molecular formula is C48H43N4O12S+. The van der Waals surface area contributed by atoms with E-state index in [0.717, 1.165) is 28.0 Å². The number of para-hydroxylation sites is 2. The number of nitrogens with zero attached hydrogens (tertiary/aromatic N) is 4. The van der Waals surface area contributed by atoms with Crippen LogP contribution in [0.5, 0.6) is 0 Å². The largest absolute Gasteiger partial charge is 0.398 e. The maximum atomic E-state index is 12.5. The van der Waals surface area contributed by atoms with Crippen LogP contribution < -0.4 is 9.47 Å². The van der Waals surface area contributed by atoms with Crippen molar-refractivity contribution in [1.82, 2.24) is 10.1 Å². The Balaban J connectivity index is 0.992. The fraction of sp³-hybridized carbons (Fsp3) is 0.229. The number of oxazole rings is 1. The maximum absolute atomic E-state index is 12.5. The Morgan fingerprint density at radius 2 is 1.26 bits per heavy atom. The number of aromatic nitrogens is 1. The van der Waals surface area contributed by atoms with Gasteiger partial charge in [0.1, 0.15) is 0 Å². The van der Waals surface area contributed by atoms with Crippen LogP contribution >= 0.6 is 0 Å². The first kappa shape index (κ1) is 44.1. The maximum Gasteiger partial charge on any atom is 0.374 e. The molecule has 3 aliphatic rings. The monoisotopic (exact) mass is 899 g/mol. The quantitative estimate of drug-likeness (QED) is 0.0610.